The Bertz CT molecular complexity index is 1910. The lowest BCUT2D eigenvalue weighted by atomic mass is 9.76. The van der Waals surface area contributed by atoms with E-state index in [9.17, 15) is 16.8 Å². The van der Waals surface area contributed by atoms with Gasteiger partial charge in [0.2, 0.25) is 0 Å². The van der Waals surface area contributed by atoms with Gasteiger partial charge in [-0.05, 0) is 102 Å². The molecule has 1 aliphatic rings. The third-order valence-corrected chi connectivity index (χ3v) is 10.3. The van der Waals surface area contributed by atoms with E-state index in [-0.39, 0.29) is 21.3 Å². The second-order valence-electron chi connectivity index (χ2n) is 11.8. The summed E-state index contributed by atoms with van der Waals surface area (Å²) in [6.07, 6.45) is 0.484. The Morgan fingerprint density at radius 3 is 1.80 bits per heavy atom. The van der Waals surface area contributed by atoms with E-state index in [4.69, 9.17) is 20.6 Å². The highest BCUT2D eigenvalue weighted by Crippen LogP contribution is 2.47. The number of nitrogens with zero attached hydrogens (tertiary/aromatic N) is 1. The van der Waals surface area contributed by atoms with Crippen LogP contribution in [-0.2, 0) is 25.8 Å². The van der Waals surface area contributed by atoms with Crippen molar-refractivity contribution in [1.82, 2.24) is 5.32 Å². The average molecular weight is 651 g/mol. The lowest BCUT2D eigenvalue weighted by Crippen LogP contribution is -2.65. The van der Waals surface area contributed by atoms with E-state index < -0.39 is 31.3 Å². The summed E-state index contributed by atoms with van der Waals surface area (Å²) < 4.78 is 64.9. The summed E-state index contributed by atoms with van der Waals surface area (Å²) in [7, 11) is -8.56. The molecule has 44 heavy (non-hydrogen) atoms. The number of anilines is 1. The molecule has 0 radical (unpaired) electrons. The van der Waals surface area contributed by atoms with E-state index in [2.05, 4.69) is 5.32 Å². The Morgan fingerprint density at radius 2 is 1.25 bits per heavy atom. The summed E-state index contributed by atoms with van der Waals surface area (Å²) in [5.74, 6) is -0.180. The van der Waals surface area contributed by atoms with Gasteiger partial charge in [-0.2, -0.15) is 16.8 Å². The zero-order chi connectivity index (χ0) is 31.9. The maximum Gasteiger partial charge on any atom is 0.339 e. The van der Waals surface area contributed by atoms with Crippen LogP contribution in [-0.4, -0.2) is 27.5 Å². The van der Waals surface area contributed by atoms with Crippen molar-refractivity contribution in [3.8, 4) is 11.5 Å². The smallest absolute Gasteiger partial charge is 0.339 e. The Balaban J connectivity index is 1.67. The first kappa shape index (κ1) is 31.5. The molecule has 0 aliphatic carbocycles. The molecular weight excluding hydrogens is 617 g/mol. The van der Waals surface area contributed by atoms with Crippen molar-refractivity contribution in [1.29, 1.82) is 0 Å². The second-order valence-corrected chi connectivity index (χ2v) is 15.3. The van der Waals surface area contributed by atoms with Gasteiger partial charge in [-0.1, -0.05) is 53.6 Å². The van der Waals surface area contributed by atoms with Gasteiger partial charge in [0.15, 0.2) is 10.9 Å². The molecule has 1 heterocycles. The van der Waals surface area contributed by atoms with Gasteiger partial charge in [-0.15, -0.1) is 0 Å². The molecule has 1 fully saturated rings. The van der Waals surface area contributed by atoms with Gasteiger partial charge in [0, 0.05) is 22.9 Å². The van der Waals surface area contributed by atoms with Crippen LogP contribution in [0, 0.1) is 13.8 Å². The van der Waals surface area contributed by atoms with Crippen LogP contribution in [0.25, 0.3) is 0 Å². The number of benzene rings is 4. The molecule has 0 amide bonds. The molecule has 1 N–H and O–H groups in total. The highest BCUT2D eigenvalue weighted by Gasteiger charge is 2.48. The predicted molar refractivity (Wildman–Crippen MR) is 175 cm³/mol. The topological polar surface area (TPSA) is 102 Å². The molecule has 0 spiro atoms. The highest BCUT2D eigenvalue weighted by atomic mass is 32.2. The number of rotatable bonds is 8. The lowest BCUT2D eigenvalue weighted by Gasteiger charge is -2.53. The maximum absolute atomic E-state index is 13.6. The quantitative estimate of drug-likeness (QED) is 0.167. The molecule has 1 aliphatic heterocycles. The highest BCUT2D eigenvalue weighted by molar-refractivity contribution is 7.87. The zero-order valence-corrected chi connectivity index (χ0v) is 27.5. The fourth-order valence-electron chi connectivity index (χ4n) is 5.57. The third kappa shape index (κ3) is 6.45. The van der Waals surface area contributed by atoms with E-state index >= 15 is 0 Å². The summed E-state index contributed by atoms with van der Waals surface area (Å²) in [5, 5.41) is 3.84. The van der Waals surface area contributed by atoms with Gasteiger partial charge in [0.25, 0.3) is 0 Å². The van der Waals surface area contributed by atoms with Crippen LogP contribution in [0.2, 0.25) is 0 Å². The fraction of sp³-hybridized carbons (Fsp3) is 0.242. The molecule has 0 aromatic heterocycles. The van der Waals surface area contributed by atoms with Crippen molar-refractivity contribution < 1.29 is 25.2 Å². The van der Waals surface area contributed by atoms with Gasteiger partial charge in [0.1, 0.15) is 15.5 Å². The van der Waals surface area contributed by atoms with Crippen molar-refractivity contribution in [3.05, 3.63) is 114 Å². The van der Waals surface area contributed by atoms with Crippen LogP contribution in [0.15, 0.2) is 107 Å². The molecule has 0 unspecified atom stereocenters. The van der Waals surface area contributed by atoms with Crippen molar-refractivity contribution in [2.75, 3.05) is 4.90 Å². The van der Waals surface area contributed by atoms with E-state index in [1.807, 2.05) is 69.9 Å². The van der Waals surface area contributed by atoms with Gasteiger partial charge in [0.05, 0.1) is 5.54 Å². The molecular formula is C33H34N2O6S3. The normalized spacial score (nSPS) is 18.4. The van der Waals surface area contributed by atoms with Gasteiger partial charge in [-0.25, -0.2) is 0 Å². The lowest BCUT2D eigenvalue weighted by molar-refractivity contribution is 0.278. The van der Waals surface area contributed by atoms with Gasteiger partial charge >= 0.3 is 20.2 Å². The Kier molecular flexibility index (Phi) is 8.25. The number of para-hydroxylation sites is 1. The molecule has 0 saturated carbocycles. The SMILES string of the molecule is Cc1ccc(S(=O)(=O)Oc2ccc([C@]3(C)CC(C)(C)NC(=S)N3c3ccccc3)c(OS(=O)(=O)c3ccc(C)cc3)c2)cc1. The molecule has 5 rings (SSSR count). The van der Waals surface area contributed by atoms with Crippen LogP contribution in [0.4, 0.5) is 5.69 Å². The van der Waals surface area contributed by atoms with Crippen molar-refractivity contribution in [3.63, 3.8) is 0 Å². The van der Waals surface area contributed by atoms with E-state index in [0.717, 1.165) is 16.8 Å². The Hall–Kier alpha value is -3.93. The maximum atomic E-state index is 13.6. The minimum Gasteiger partial charge on any atom is -0.379 e. The zero-order valence-electron chi connectivity index (χ0n) is 25.1. The third-order valence-electron chi connectivity index (χ3n) is 7.50. The molecule has 11 heteroatoms. The Labute approximate surface area is 264 Å². The van der Waals surface area contributed by atoms with Crippen molar-refractivity contribution >= 4 is 43.3 Å². The second kappa shape index (κ2) is 11.5. The standard InChI is InChI=1S/C33H34N2O6S3/c1-23-11-16-27(17-12-23)43(36,37)40-26-15-20-29(30(21-26)41-44(38,39)28-18-13-24(2)14-19-28)33(5)22-32(3,4)34-31(42)35(33)25-9-7-6-8-10-25/h6-21H,22H2,1-5H3,(H,34,42)/t33-/m0/s1. The van der Waals surface area contributed by atoms with Crippen LogP contribution in [0.1, 0.15) is 43.9 Å². The van der Waals surface area contributed by atoms with Crippen molar-refractivity contribution in [2.45, 2.75) is 61.9 Å². The summed E-state index contributed by atoms with van der Waals surface area (Å²) in [4.78, 5) is 1.85. The van der Waals surface area contributed by atoms with E-state index in [1.165, 1.54) is 36.4 Å². The molecule has 0 bridgehead atoms. The number of nitrogens with one attached hydrogen (secondary N) is 1. The molecule has 1 atom stereocenters. The first-order chi connectivity index (χ1) is 20.6. The van der Waals surface area contributed by atoms with E-state index in [1.54, 1.807) is 30.3 Å². The minimum atomic E-state index is -4.33. The average Bonchev–Trinajstić information content (AvgIpc) is 2.92. The molecule has 4 aromatic carbocycles. The monoisotopic (exact) mass is 650 g/mol. The minimum absolute atomic E-state index is 0.0328. The Morgan fingerprint density at radius 1 is 0.727 bits per heavy atom. The number of hydrogen-bond donors (Lipinski definition) is 1. The van der Waals surface area contributed by atoms with Crippen LogP contribution in [0.5, 0.6) is 11.5 Å². The fourth-order valence-corrected chi connectivity index (χ4v) is 8.01. The number of thiocarbonyl (C=S) groups is 1. The van der Waals surface area contributed by atoms with Crippen LogP contribution in [0.3, 0.4) is 0 Å². The number of aryl methyl sites for hydroxylation is 2. The summed E-state index contributed by atoms with van der Waals surface area (Å²) >= 11 is 5.86. The molecule has 8 nitrogen and oxygen atoms in total. The van der Waals surface area contributed by atoms with Crippen LogP contribution < -0.4 is 18.6 Å². The molecule has 4 aromatic rings. The summed E-state index contributed by atoms with van der Waals surface area (Å²) in [6.45, 7) is 9.68. The van der Waals surface area contributed by atoms with Crippen molar-refractivity contribution in [2.24, 2.45) is 0 Å². The first-order valence-electron chi connectivity index (χ1n) is 13.9. The summed E-state index contributed by atoms with van der Waals surface area (Å²) in [6, 6.07) is 26.5. The van der Waals surface area contributed by atoms with Crippen LogP contribution >= 0.6 is 12.2 Å². The first-order valence-corrected chi connectivity index (χ1v) is 17.2. The predicted octanol–water partition coefficient (Wildman–Crippen LogP) is 6.62. The molecule has 230 valence electrons. The molecule has 1 saturated heterocycles. The number of hydrogen-bond acceptors (Lipinski definition) is 7. The van der Waals surface area contributed by atoms with Gasteiger partial charge < -0.3 is 18.6 Å². The van der Waals surface area contributed by atoms with E-state index in [0.29, 0.717) is 17.1 Å². The summed E-state index contributed by atoms with van der Waals surface area (Å²) in [5.41, 5.74) is 1.64. The van der Waals surface area contributed by atoms with Gasteiger partial charge in [-0.3, -0.25) is 0 Å². The largest absolute Gasteiger partial charge is 0.379 e.